The monoisotopic (exact) mass is 386 g/mol. The number of nitrogens with one attached hydrogen (secondary N) is 1. The highest BCUT2D eigenvalue weighted by Crippen LogP contribution is 2.31. The Morgan fingerprint density at radius 2 is 2.00 bits per heavy atom. The fourth-order valence-corrected chi connectivity index (χ4v) is 3.32. The Morgan fingerprint density at radius 3 is 2.74 bits per heavy atom. The van der Waals surface area contributed by atoms with Crippen molar-refractivity contribution in [1.29, 1.82) is 0 Å². The smallest absolute Gasteiger partial charge is 0.237 e. The van der Waals surface area contributed by atoms with Gasteiger partial charge in [0.05, 0.1) is 17.9 Å². The molecule has 1 amide bonds. The van der Waals surface area contributed by atoms with E-state index in [1.165, 1.54) is 23.9 Å². The summed E-state index contributed by atoms with van der Waals surface area (Å²) in [6, 6.07) is 13.3. The van der Waals surface area contributed by atoms with Gasteiger partial charge < -0.3 is 14.6 Å². The van der Waals surface area contributed by atoms with Crippen LogP contribution in [0.25, 0.3) is 11.4 Å². The summed E-state index contributed by atoms with van der Waals surface area (Å²) in [7, 11) is 3.44. The maximum Gasteiger partial charge on any atom is 0.237 e. The molecule has 0 unspecified atom stereocenters. The molecule has 0 aliphatic rings. The number of carbonyl (C=O) groups excluding carboxylic acids is 1. The molecule has 2 aromatic carbocycles. The largest absolute Gasteiger partial charge is 0.496 e. The Hall–Kier alpha value is -2.87. The fraction of sp³-hybridized carbons (Fsp3) is 0.211. The van der Waals surface area contributed by atoms with Crippen molar-refractivity contribution < 1.29 is 13.9 Å². The zero-order chi connectivity index (χ0) is 19.4. The molecule has 1 atom stereocenters. The van der Waals surface area contributed by atoms with Gasteiger partial charge in [0.15, 0.2) is 11.0 Å². The first-order chi connectivity index (χ1) is 13.0. The number of anilines is 1. The van der Waals surface area contributed by atoms with Crippen molar-refractivity contribution in [2.45, 2.75) is 17.3 Å². The molecule has 0 bridgehead atoms. The summed E-state index contributed by atoms with van der Waals surface area (Å²) in [5, 5.41) is 11.3. The van der Waals surface area contributed by atoms with Gasteiger partial charge in [-0.15, -0.1) is 10.2 Å². The number of methoxy groups -OCH3 is 1. The second-order valence-corrected chi connectivity index (χ2v) is 7.13. The number of thioether (sulfide) groups is 1. The van der Waals surface area contributed by atoms with Gasteiger partial charge in [-0.05, 0) is 37.3 Å². The number of halogens is 1. The van der Waals surface area contributed by atoms with Crippen LogP contribution in [0.1, 0.15) is 6.92 Å². The van der Waals surface area contributed by atoms with Crippen molar-refractivity contribution in [3.63, 3.8) is 0 Å². The van der Waals surface area contributed by atoms with Crippen LogP contribution in [-0.4, -0.2) is 33.0 Å². The summed E-state index contributed by atoms with van der Waals surface area (Å²) in [6.07, 6.45) is 0. The molecule has 0 saturated carbocycles. The minimum atomic E-state index is -0.443. The van der Waals surface area contributed by atoms with Crippen LogP contribution < -0.4 is 10.1 Å². The highest BCUT2D eigenvalue weighted by molar-refractivity contribution is 8.00. The van der Waals surface area contributed by atoms with E-state index in [0.29, 0.717) is 22.4 Å². The van der Waals surface area contributed by atoms with E-state index in [2.05, 4.69) is 15.5 Å². The summed E-state index contributed by atoms with van der Waals surface area (Å²) in [5.41, 5.74) is 1.24. The molecular formula is C19H19FN4O2S. The lowest BCUT2D eigenvalue weighted by Gasteiger charge is -2.12. The second kappa shape index (κ2) is 8.22. The molecule has 0 aliphatic carbocycles. The SMILES string of the molecule is COc1ccccc1-c1nnc(S[C@@H](C)C(=O)Nc2cccc(F)c2)n1C. The molecule has 0 fully saturated rings. The third-order valence-corrected chi connectivity index (χ3v) is 5.06. The molecule has 0 radical (unpaired) electrons. The molecule has 140 valence electrons. The van der Waals surface area contributed by atoms with Gasteiger partial charge in [0.2, 0.25) is 5.91 Å². The molecule has 1 N–H and O–H groups in total. The van der Waals surface area contributed by atoms with E-state index in [1.807, 2.05) is 35.9 Å². The summed E-state index contributed by atoms with van der Waals surface area (Å²) in [6.45, 7) is 1.76. The average Bonchev–Trinajstić information content (AvgIpc) is 3.02. The van der Waals surface area contributed by atoms with Crippen LogP contribution in [-0.2, 0) is 11.8 Å². The van der Waals surface area contributed by atoms with Crippen molar-refractivity contribution in [3.8, 4) is 17.1 Å². The Morgan fingerprint density at radius 1 is 1.22 bits per heavy atom. The topological polar surface area (TPSA) is 69.0 Å². The zero-order valence-electron chi connectivity index (χ0n) is 15.1. The molecule has 8 heteroatoms. The minimum absolute atomic E-state index is 0.243. The van der Waals surface area contributed by atoms with E-state index in [4.69, 9.17) is 4.74 Å². The maximum absolute atomic E-state index is 13.3. The van der Waals surface area contributed by atoms with Gasteiger partial charge in [0, 0.05) is 12.7 Å². The van der Waals surface area contributed by atoms with E-state index in [0.717, 1.165) is 5.56 Å². The molecule has 0 spiro atoms. The van der Waals surface area contributed by atoms with E-state index in [9.17, 15) is 9.18 Å². The number of ether oxygens (including phenoxy) is 1. The van der Waals surface area contributed by atoms with Crippen LogP contribution in [0.15, 0.2) is 53.7 Å². The molecule has 1 heterocycles. The minimum Gasteiger partial charge on any atom is -0.496 e. The highest BCUT2D eigenvalue weighted by atomic mass is 32.2. The lowest BCUT2D eigenvalue weighted by molar-refractivity contribution is -0.115. The number of amides is 1. The van der Waals surface area contributed by atoms with Crippen LogP contribution in [0.4, 0.5) is 10.1 Å². The van der Waals surface area contributed by atoms with Crippen molar-refractivity contribution in [1.82, 2.24) is 14.8 Å². The molecule has 3 aromatic rings. The number of hydrogen-bond donors (Lipinski definition) is 1. The maximum atomic E-state index is 13.3. The summed E-state index contributed by atoms with van der Waals surface area (Å²) in [4.78, 5) is 12.4. The predicted octanol–water partition coefficient (Wildman–Crippen LogP) is 3.75. The number of rotatable bonds is 6. The number of benzene rings is 2. The second-order valence-electron chi connectivity index (χ2n) is 5.83. The predicted molar refractivity (Wildman–Crippen MR) is 103 cm³/mol. The lowest BCUT2D eigenvalue weighted by Crippen LogP contribution is -2.22. The number of carbonyl (C=O) groups is 1. The Kier molecular flexibility index (Phi) is 5.75. The van der Waals surface area contributed by atoms with E-state index in [1.54, 1.807) is 26.2 Å². The zero-order valence-corrected chi connectivity index (χ0v) is 16.0. The molecule has 1 aromatic heterocycles. The molecular weight excluding hydrogens is 367 g/mol. The molecule has 27 heavy (non-hydrogen) atoms. The quantitative estimate of drug-likeness (QED) is 0.654. The first-order valence-corrected chi connectivity index (χ1v) is 9.13. The molecule has 0 saturated heterocycles. The van der Waals surface area contributed by atoms with Crippen molar-refractivity contribution in [2.24, 2.45) is 7.05 Å². The fourth-order valence-electron chi connectivity index (χ4n) is 2.50. The number of nitrogens with zero attached hydrogens (tertiary/aromatic N) is 3. The van der Waals surface area contributed by atoms with Crippen LogP contribution in [0, 0.1) is 5.82 Å². The number of para-hydroxylation sites is 1. The first-order valence-electron chi connectivity index (χ1n) is 8.25. The lowest BCUT2D eigenvalue weighted by atomic mass is 10.2. The van der Waals surface area contributed by atoms with Gasteiger partial charge in [0.1, 0.15) is 11.6 Å². The van der Waals surface area contributed by atoms with Crippen LogP contribution in [0.3, 0.4) is 0 Å². The van der Waals surface area contributed by atoms with Crippen LogP contribution >= 0.6 is 11.8 Å². The van der Waals surface area contributed by atoms with E-state index >= 15 is 0 Å². The molecule has 0 aliphatic heterocycles. The van der Waals surface area contributed by atoms with Gasteiger partial charge in [-0.1, -0.05) is 30.0 Å². The normalized spacial score (nSPS) is 11.9. The van der Waals surface area contributed by atoms with Gasteiger partial charge >= 0.3 is 0 Å². The molecule has 6 nitrogen and oxygen atoms in total. The van der Waals surface area contributed by atoms with Crippen LogP contribution in [0.2, 0.25) is 0 Å². The summed E-state index contributed by atoms with van der Waals surface area (Å²) >= 11 is 1.27. The summed E-state index contributed by atoms with van der Waals surface area (Å²) < 4.78 is 20.4. The van der Waals surface area contributed by atoms with Gasteiger partial charge in [-0.3, -0.25) is 4.79 Å². The van der Waals surface area contributed by atoms with Gasteiger partial charge in [0.25, 0.3) is 0 Å². The first kappa shape index (κ1) is 18.9. The Balaban J connectivity index is 1.74. The molecule has 3 rings (SSSR count). The third-order valence-electron chi connectivity index (χ3n) is 3.93. The standard InChI is InChI=1S/C19H19FN4O2S/c1-12(18(25)21-14-8-6-7-13(20)11-14)27-19-23-22-17(24(19)2)15-9-4-5-10-16(15)26-3/h4-12H,1-3H3,(H,21,25)/t12-/m0/s1. The highest BCUT2D eigenvalue weighted by Gasteiger charge is 2.20. The Bertz CT molecular complexity index is 960. The van der Waals surface area contributed by atoms with Crippen LogP contribution in [0.5, 0.6) is 5.75 Å². The van der Waals surface area contributed by atoms with E-state index < -0.39 is 11.1 Å². The third kappa shape index (κ3) is 4.28. The summed E-state index contributed by atoms with van der Waals surface area (Å²) in [5.74, 6) is 0.699. The van der Waals surface area contributed by atoms with Gasteiger partial charge in [-0.25, -0.2) is 4.39 Å². The number of hydrogen-bond acceptors (Lipinski definition) is 5. The Labute approximate surface area is 160 Å². The van der Waals surface area contributed by atoms with Gasteiger partial charge in [-0.2, -0.15) is 0 Å². The van der Waals surface area contributed by atoms with E-state index in [-0.39, 0.29) is 5.91 Å². The average molecular weight is 386 g/mol. The van der Waals surface area contributed by atoms with Crippen molar-refractivity contribution in [3.05, 3.63) is 54.3 Å². The van der Waals surface area contributed by atoms with Crippen molar-refractivity contribution >= 4 is 23.4 Å². The van der Waals surface area contributed by atoms with Crippen molar-refractivity contribution in [2.75, 3.05) is 12.4 Å². The number of aromatic nitrogens is 3.